The lowest BCUT2D eigenvalue weighted by Crippen LogP contribution is -2.31. The Labute approximate surface area is 121 Å². The first-order valence-corrected chi connectivity index (χ1v) is 8.64. The molecule has 5 heteroatoms. The highest BCUT2D eigenvalue weighted by Crippen LogP contribution is 2.49. The monoisotopic (exact) mass is 296 g/mol. The van der Waals surface area contributed by atoms with Crippen LogP contribution in [0, 0.1) is 19.3 Å². The number of anilines is 1. The van der Waals surface area contributed by atoms with Gasteiger partial charge in [0.05, 0.1) is 5.69 Å². The standard InChI is InChI=1S/C15H24N2O2S/c1-4-5-15(6-7-15)10-17-20(18,19)14-9-12(3)11(2)8-13(14)16/h8-9,17H,4-7,10,16H2,1-3H3. The van der Waals surface area contributed by atoms with Crippen LogP contribution in [0.15, 0.2) is 17.0 Å². The maximum absolute atomic E-state index is 12.4. The van der Waals surface area contributed by atoms with Gasteiger partial charge in [-0.2, -0.15) is 0 Å². The maximum atomic E-state index is 12.4. The Kier molecular flexibility index (Phi) is 4.12. The highest BCUT2D eigenvalue weighted by molar-refractivity contribution is 7.89. The third-order valence-electron chi connectivity index (χ3n) is 4.29. The summed E-state index contributed by atoms with van der Waals surface area (Å²) in [5.41, 5.74) is 8.33. The van der Waals surface area contributed by atoms with E-state index < -0.39 is 10.0 Å². The van der Waals surface area contributed by atoms with E-state index in [-0.39, 0.29) is 10.3 Å². The van der Waals surface area contributed by atoms with Crippen molar-refractivity contribution in [2.75, 3.05) is 12.3 Å². The SMILES string of the molecule is CCCC1(CNS(=O)(=O)c2cc(C)c(C)cc2N)CC1. The summed E-state index contributed by atoms with van der Waals surface area (Å²) in [4.78, 5) is 0.202. The van der Waals surface area contributed by atoms with Gasteiger partial charge in [0.15, 0.2) is 0 Å². The van der Waals surface area contributed by atoms with E-state index in [2.05, 4.69) is 11.6 Å². The van der Waals surface area contributed by atoms with Gasteiger partial charge in [0, 0.05) is 6.54 Å². The van der Waals surface area contributed by atoms with Crippen LogP contribution in [0.1, 0.15) is 43.7 Å². The third-order valence-corrected chi connectivity index (χ3v) is 5.75. The van der Waals surface area contributed by atoms with Crippen LogP contribution in [0.2, 0.25) is 0 Å². The lowest BCUT2D eigenvalue weighted by atomic mass is 10.0. The smallest absolute Gasteiger partial charge is 0.242 e. The van der Waals surface area contributed by atoms with E-state index >= 15 is 0 Å². The number of benzene rings is 1. The van der Waals surface area contributed by atoms with Crippen LogP contribution in [0.5, 0.6) is 0 Å². The molecule has 1 aromatic rings. The van der Waals surface area contributed by atoms with Gasteiger partial charge >= 0.3 is 0 Å². The van der Waals surface area contributed by atoms with Gasteiger partial charge in [0.2, 0.25) is 10.0 Å². The van der Waals surface area contributed by atoms with Gasteiger partial charge in [-0.15, -0.1) is 0 Å². The van der Waals surface area contributed by atoms with E-state index in [1.807, 2.05) is 13.8 Å². The fourth-order valence-electron chi connectivity index (χ4n) is 2.59. The van der Waals surface area contributed by atoms with Crippen molar-refractivity contribution in [3.63, 3.8) is 0 Å². The molecule has 0 bridgehead atoms. The summed E-state index contributed by atoms with van der Waals surface area (Å²) in [7, 11) is -3.52. The van der Waals surface area contributed by atoms with Gasteiger partial charge in [-0.05, 0) is 61.8 Å². The van der Waals surface area contributed by atoms with Crippen LogP contribution in [0.25, 0.3) is 0 Å². The molecule has 1 aliphatic carbocycles. The van der Waals surface area contributed by atoms with Crippen LogP contribution in [-0.4, -0.2) is 15.0 Å². The highest BCUT2D eigenvalue weighted by atomic mass is 32.2. The molecule has 1 aliphatic rings. The summed E-state index contributed by atoms with van der Waals surface area (Å²) in [5.74, 6) is 0. The van der Waals surface area contributed by atoms with Crippen LogP contribution < -0.4 is 10.5 Å². The summed E-state index contributed by atoms with van der Waals surface area (Å²) in [6, 6.07) is 3.38. The van der Waals surface area contributed by atoms with Crippen molar-refractivity contribution in [1.82, 2.24) is 4.72 Å². The molecule has 4 nitrogen and oxygen atoms in total. The first-order chi connectivity index (χ1) is 9.30. The van der Waals surface area contributed by atoms with Gasteiger partial charge in [-0.3, -0.25) is 0 Å². The lowest BCUT2D eigenvalue weighted by Gasteiger charge is -2.16. The lowest BCUT2D eigenvalue weighted by molar-refractivity contribution is 0.449. The average Bonchev–Trinajstić information content (AvgIpc) is 3.12. The number of hydrogen-bond acceptors (Lipinski definition) is 3. The van der Waals surface area contributed by atoms with Gasteiger partial charge in [0.25, 0.3) is 0 Å². The van der Waals surface area contributed by atoms with Crippen molar-refractivity contribution in [2.45, 2.75) is 51.3 Å². The van der Waals surface area contributed by atoms with Crippen molar-refractivity contribution < 1.29 is 8.42 Å². The van der Waals surface area contributed by atoms with Crippen molar-refractivity contribution >= 4 is 15.7 Å². The van der Waals surface area contributed by atoms with Crippen molar-refractivity contribution in [2.24, 2.45) is 5.41 Å². The van der Waals surface area contributed by atoms with E-state index in [1.54, 1.807) is 12.1 Å². The van der Waals surface area contributed by atoms with Gasteiger partial charge in [-0.25, -0.2) is 13.1 Å². The molecular formula is C15H24N2O2S. The molecule has 0 heterocycles. The average molecular weight is 296 g/mol. The molecule has 0 aliphatic heterocycles. The Balaban J connectivity index is 2.17. The molecule has 0 spiro atoms. The van der Waals surface area contributed by atoms with Crippen molar-refractivity contribution in [3.05, 3.63) is 23.3 Å². The maximum Gasteiger partial charge on any atom is 0.242 e. The molecule has 2 rings (SSSR count). The molecule has 112 valence electrons. The van der Waals surface area contributed by atoms with E-state index in [0.717, 1.165) is 36.8 Å². The van der Waals surface area contributed by atoms with Crippen molar-refractivity contribution in [3.8, 4) is 0 Å². The molecule has 0 aromatic heterocycles. The Morgan fingerprint density at radius 2 is 1.85 bits per heavy atom. The molecule has 0 saturated heterocycles. The molecule has 3 N–H and O–H groups in total. The Hall–Kier alpha value is -1.07. The quantitative estimate of drug-likeness (QED) is 0.793. The normalized spacial score (nSPS) is 17.1. The van der Waals surface area contributed by atoms with Gasteiger partial charge in [0.1, 0.15) is 4.90 Å². The molecule has 0 radical (unpaired) electrons. The minimum absolute atomic E-state index is 0.191. The summed E-state index contributed by atoms with van der Waals surface area (Å²) in [6.45, 7) is 6.48. The van der Waals surface area contributed by atoms with E-state index in [4.69, 9.17) is 5.73 Å². The summed E-state index contributed by atoms with van der Waals surface area (Å²) in [5, 5.41) is 0. The largest absolute Gasteiger partial charge is 0.398 e. The van der Waals surface area contributed by atoms with Crippen LogP contribution in [0.3, 0.4) is 0 Å². The Morgan fingerprint density at radius 1 is 1.25 bits per heavy atom. The molecule has 1 saturated carbocycles. The minimum Gasteiger partial charge on any atom is -0.398 e. The fourth-order valence-corrected chi connectivity index (χ4v) is 3.95. The highest BCUT2D eigenvalue weighted by Gasteiger charge is 2.42. The second-order valence-corrected chi connectivity index (χ2v) is 7.78. The molecule has 1 aromatic carbocycles. The molecule has 20 heavy (non-hydrogen) atoms. The Morgan fingerprint density at radius 3 is 2.40 bits per heavy atom. The fraction of sp³-hybridized carbons (Fsp3) is 0.600. The minimum atomic E-state index is -3.52. The number of rotatable bonds is 6. The molecule has 0 unspecified atom stereocenters. The van der Waals surface area contributed by atoms with Gasteiger partial charge < -0.3 is 5.73 Å². The second-order valence-electron chi connectivity index (χ2n) is 6.05. The third kappa shape index (κ3) is 3.15. The van der Waals surface area contributed by atoms with Crippen molar-refractivity contribution in [1.29, 1.82) is 0 Å². The Bertz CT molecular complexity index is 605. The van der Waals surface area contributed by atoms with Gasteiger partial charge in [-0.1, -0.05) is 13.3 Å². The second kappa shape index (κ2) is 5.37. The predicted molar refractivity (Wildman–Crippen MR) is 82.1 cm³/mol. The first kappa shape index (κ1) is 15.3. The predicted octanol–water partition coefficient (Wildman–Crippen LogP) is 2.74. The zero-order valence-corrected chi connectivity index (χ0v) is 13.3. The number of nitrogens with one attached hydrogen (secondary N) is 1. The van der Waals surface area contributed by atoms with E-state index in [9.17, 15) is 8.42 Å². The zero-order valence-electron chi connectivity index (χ0n) is 12.5. The molecular weight excluding hydrogens is 272 g/mol. The molecule has 0 amide bonds. The topological polar surface area (TPSA) is 72.2 Å². The molecule has 0 atom stereocenters. The number of nitrogen functional groups attached to an aromatic ring is 1. The van der Waals surface area contributed by atoms with E-state index in [0.29, 0.717) is 12.2 Å². The first-order valence-electron chi connectivity index (χ1n) is 7.16. The summed E-state index contributed by atoms with van der Waals surface area (Å²) < 4.78 is 27.6. The van der Waals surface area contributed by atoms with Crippen LogP contribution in [0.4, 0.5) is 5.69 Å². The summed E-state index contributed by atoms with van der Waals surface area (Å²) in [6.07, 6.45) is 4.41. The van der Waals surface area contributed by atoms with Crippen LogP contribution in [-0.2, 0) is 10.0 Å². The number of nitrogens with two attached hydrogens (primary N) is 1. The number of aryl methyl sites for hydroxylation is 2. The van der Waals surface area contributed by atoms with E-state index in [1.165, 1.54) is 0 Å². The zero-order chi connectivity index (χ0) is 15.0. The number of hydrogen-bond donors (Lipinski definition) is 2. The number of sulfonamides is 1. The molecule has 1 fully saturated rings. The summed E-state index contributed by atoms with van der Waals surface area (Å²) >= 11 is 0. The van der Waals surface area contributed by atoms with Crippen LogP contribution >= 0.6 is 0 Å².